The average molecular weight is 236 g/mol. The molecule has 0 spiro atoms. The maximum Gasteiger partial charge on any atom is 0.510 e. The van der Waals surface area contributed by atoms with Crippen molar-refractivity contribution in [1.29, 1.82) is 0 Å². The van der Waals surface area contributed by atoms with Gasteiger partial charge in [-0.25, -0.2) is 14.0 Å². The van der Waals surface area contributed by atoms with E-state index in [1.54, 1.807) is 0 Å². The van der Waals surface area contributed by atoms with E-state index in [0.29, 0.717) is 0 Å². The van der Waals surface area contributed by atoms with Crippen LogP contribution in [0.1, 0.15) is 0 Å². The molecule has 0 aromatic carbocycles. The first-order valence-corrected chi connectivity index (χ1v) is 3.11. The van der Waals surface area contributed by atoms with Crippen molar-refractivity contribution in [2.45, 2.75) is 12.0 Å². The molecule has 0 aromatic heterocycles. The van der Waals surface area contributed by atoms with E-state index in [4.69, 9.17) is 10.2 Å². The Morgan fingerprint density at radius 1 is 1.07 bits per heavy atom. The second-order valence-electron chi connectivity index (χ2n) is 2.11. The summed E-state index contributed by atoms with van der Waals surface area (Å²) in [4.78, 5) is 19.4. The van der Waals surface area contributed by atoms with Crippen LogP contribution in [0.5, 0.6) is 0 Å². The van der Waals surface area contributed by atoms with E-state index >= 15 is 0 Å². The molecular formula is C5H4F4O6. The van der Waals surface area contributed by atoms with Gasteiger partial charge in [0.25, 0.3) is 0 Å². The molecule has 0 heterocycles. The molecule has 88 valence electrons. The molecule has 1 atom stereocenters. The summed E-state index contributed by atoms with van der Waals surface area (Å²) in [7, 11) is 0. The van der Waals surface area contributed by atoms with Crippen LogP contribution in [0.15, 0.2) is 0 Å². The number of alkyl halides is 4. The van der Waals surface area contributed by atoms with Crippen LogP contribution >= 0.6 is 0 Å². The molecule has 2 N–H and O–H groups in total. The second-order valence-corrected chi connectivity index (χ2v) is 2.11. The summed E-state index contributed by atoms with van der Waals surface area (Å²) < 4.78 is 55.1. The van der Waals surface area contributed by atoms with Gasteiger partial charge in [-0.1, -0.05) is 0 Å². The van der Waals surface area contributed by atoms with Gasteiger partial charge in [0.15, 0.2) is 6.67 Å². The van der Waals surface area contributed by atoms with Gasteiger partial charge >= 0.3 is 24.3 Å². The van der Waals surface area contributed by atoms with E-state index in [1.807, 2.05) is 0 Å². The number of hydrogen-bond acceptors (Lipinski definition) is 4. The second kappa shape index (κ2) is 4.19. The molecule has 15 heavy (non-hydrogen) atoms. The number of ether oxygens (including phenoxy) is 2. The van der Waals surface area contributed by atoms with E-state index in [2.05, 4.69) is 9.47 Å². The smallest absolute Gasteiger partial charge is 0.450 e. The van der Waals surface area contributed by atoms with Gasteiger partial charge < -0.3 is 19.7 Å². The molecule has 0 saturated carbocycles. The van der Waals surface area contributed by atoms with Crippen molar-refractivity contribution in [1.82, 2.24) is 0 Å². The molecule has 0 rings (SSSR count). The van der Waals surface area contributed by atoms with Crippen molar-refractivity contribution in [2.75, 3.05) is 6.67 Å². The van der Waals surface area contributed by atoms with Crippen LogP contribution < -0.4 is 0 Å². The highest BCUT2D eigenvalue weighted by molar-refractivity contribution is 5.59. The van der Waals surface area contributed by atoms with Crippen LogP contribution in [0.2, 0.25) is 0 Å². The summed E-state index contributed by atoms with van der Waals surface area (Å²) >= 11 is 0. The summed E-state index contributed by atoms with van der Waals surface area (Å²) in [5, 5.41) is 15.6. The highest BCUT2D eigenvalue weighted by Crippen LogP contribution is 2.35. The Morgan fingerprint density at radius 2 is 1.47 bits per heavy atom. The Balaban J connectivity index is 4.90. The van der Waals surface area contributed by atoms with E-state index in [0.717, 1.165) is 0 Å². The lowest BCUT2D eigenvalue weighted by Gasteiger charge is -2.26. The zero-order valence-electron chi connectivity index (χ0n) is 6.75. The zero-order valence-corrected chi connectivity index (χ0v) is 6.75. The fraction of sp³-hybridized carbons (Fsp3) is 0.600. The van der Waals surface area contributed by atoms with Gasteiger partial charge in [0.2, 0.25) is 0 Å². The minimum Gasteiger partial charge on any atom is -0.450 e. The lowest BCUT2D eigenvalue weighted by atomic mass is 10.3. The molecule has 0 radical (unpaired) electrons. The number of carboxylic acid groups (broad SMARTS) is 2. The SMILES string of the molecule is O=C(O)OC(F)(F)C(F)(CF)OC(=O)O. The average Bonchev–Trinajstić information content (AvgIpc) is 2.00. The van der Waals surface area contributed by atoms with Gasteiger partial charge in [0.05, 0.1) is 0 Å². The highest BCUT2D eigenvalue weighted by Gasteiger charge is 2.63. The van der Waals surface area contributed by atoms with Gasteiger partial charge in [0, 0.05) is 0 Å². The summed E-state index contributed by atoms with van der Waals surface area (Å²) in [6, 6.07) is 0. The number of hydrogen-bond donors (Lipinski definition) is 2. The normalized spacial score (nSPS) is 15.2. The Hall–Kier alpha value is -1.74. The van der Waals surface area contributed by atoms with E-state index < -0.39 is 30.9 Å². The third-order valence-corrected chi connectivity index (χ3v) is 1.07. The monoisotopic (exact) mass is 236 g/mol. The molecule has 0 aliphatic heterocycles. The lowest BCUT2D eigenvalue weighted by Crippen LogP contribution is -2.52. The first-order valence-electron chi connectivity index (χ1n) is 3.11. The van der Waals surface area contributed by atoms with Gasteiger partial charge in [-0.2, -0.15) is 13.2 Å². The summed E-state index contributed by atoms with van der Waals surface area (Å²) in [5.74, 6) is -4.71. The summed E-state index contributed by atoms with van der Waals surface area (Å²) in [6.45, 7) is -2.61. The van der Waals surface area contributed by atoms with Gasteiger partial charge in [-0.15, -0.1) is 0 Å². The van der Waals surface area contributed by atoms with Crippen LogP contribution in [-0.4, -0.2) is 41.2 Å². The van der Waals surface area contributed by atoms with E-state index in [-0.39, 0.29) is 0 Å². The lowest BCUT2D eigenvalue weighted by molar-refractivity contribution is -0.355. The van der Waals surface area contributed by atoms with Crippen LogP contribution in [0.25, 0.3) is 0 Å². The fourth-order valence-corrected chi connectivity index (χ4v) is 0.489. The van der Waals surface area contributed by atoms with Crippen molar-refractivity contribution in [3.8, 4) is 0 Å². The molecule has 0 saturated heterocycles. The predicted octanol–water partition coefficient (Wildman–Crippen LogP) is 1.60. The van der Waals surface area contributed by atoms with Crippen molar-refractivity contribution >= 4 is 12.3 Å². The molecular weight excluding hydrogens is 232 g/mol. The van der Waals surface area contributed by atoms with Gasteiger partial charge in [-0.3, -0.25) is 0 Å². The van der Waals surface area contributed by atoms with E-state index in [9.17, 15) is 27.2 Å². The minimum atomic E-state index is -5.29. The van der Waals surface area contributed by atoms with E-state index in [1.165, 1.54) is 0 Å². The number of carbonyl (C=O) groups is 2. The minimum absolute atomic E-state index is 2.55. The predicted molar refractivity (Wildman–Crippen MR) is 33.0 cm³/mol. The summed E-state index contributed by atoms with van der Waals surface area (Å²) in [6.07, 6.45) is -10.5. The summed E-state index contributed by atoms with van der Waals surface area (Å²) in [5.41, 5.74) is 0. The molecule has 0 aliphatic rings. The van der Waals surface area contributed by atoms with Gasteiger partial charge in [0.1, 0.15) is 0 Å². The third kappa shape index (κ3) is 3.14. The molecule has 10 heteroatoms. The van der Waals surface area contributed by atoms with Crippen molar-refractivity contribution in [3.63, 3.8) is 0 Å². The van der Waals surface area contributed by atoms with Gasteiger partial charge in [-0.05, 0) is 0 Å². The molecule has 0 bridgehead atoms. The van der Waals surface area contributed by atoms with Crippen molar-refractivity contribution < 1.29 is 46.8 Å². The molecule has 0 amide bonds. The Labute approximate surface area is 79.0 Å². The number of rotatable bonds is 4. The topological polar surface area (TPSA) is 93.1 Å². The molecule has 1 unspecified atom stereocenters. The Kier molecular flexibility index (Phi) is 3.70. The molecule has 0 aromatic rings. The largest absolute Gasteiger partial charge is 0.510 e. The quantitative estimate of drug-likeness (QED) is 0.568. The maximum atomic E-state index is 12.8. The highest BCUT2D eigenvalue weighted by atomic mass is 19.3. The standard InChI is InChI=1S/C5H4F4O6/c6-1-4(7,14-2(10)11)5(8,9)15-3(12)13/h1H2,(H,10,11)(H,12,13). The van der Waals surface area contributed by atoms with Crippen LogP contribution in [0.4, 0.5) is 27.2 Å². The van der Waals surface area contributed by atoms with Crippen LogP contribution in [0.3, 0.4) is 0 Å². The van der Waals surface area contributed by atoms with Crippen molar-refractivity contribution in [2.24, 2.45) is 0 Å². The first kappa shape index (κ1) is 13.3. The van der Waals surface area contributed by atoms with Crippen LogP contribution in [-0.2, 0) is 9.47 Å². The zero-order chi connectivity index (χ0) is 12.3. The Bertz CT molecular complexity index is 268. The Morgan fingerprint density at radius 3 is 1.73 bits per heavy atom. The third-order valence-electron chi connectivity index (χ3n) is 1.07. The first-order chi connectivity index (χ1) is 6.64. The molecule has 6 nitrogen and oxygen atoms in total. The molecule has 0 aliphatic carbocycles. The molecule has 0 fully saturated rings. The van der Waals surface area contributed by atoms with Crippen molar-refractivity contribution in [3.05, 3.63) is 0 Å². The number of halogens is 4. The van der Waals surface area contributed by atoms with Crippen LogP contribution in [0, 0.1) is 0 Å². The maximum absolute atomic E-state index is 12.8. The fourth-order valence-electron chi connectivity index (χ4n) is 0.489.